The standard InChI is InChI=1S/C17H28FN3/c1-12-10-13(2)15(14(18)11-12)16(20-19)17(21(3)4)8-6-5-7-9-17/h10-11,16,20H,5-9,19H2,1-4H3. The van der Waals surface area contributed by atoms with Gasteiger partial charge in [-0.05, 0) is 58.0 Å². The molecule has 0 heterocycles. The molecule has 3 N–H and O–H groups in total. The van der Waals surface area contributed by atoms with Crippen LogP contribution in [0.5, 0.6) is 0 Å². The fourth-order valence-corrected chi connectivity index (χ4v) is 3.96. The number of aryl methyl sites for hydroxylation is 2. The third-order valence-electron chi connectivity index (χ3n) is 5.08. The number of hydrazine groups is 1. The highest BCUT2D eigenvalue weighted by Gasteiger charge is 2.43. The maximum atomic E-state index is 14.6. The van der Waals surface area contributed by atoms with E-state index in [4.69, 9.17) is 5.84 Å². The van der Waals surface area contributed by atoms with E-state index in [0.717, 1.165) is 29.5 Å². The van der Waals surface area contributed by atoms with Gasteiger partial charge < -0.3 is 4.90 Å². The van der Waals surface area contributed by atoms with Gasteiger partial charge in [0.15, 0.2) is 0 Å². The van der Waals surface area contributed by atoms with Gasteiger partial charge in [-0.2, -0.15) is 0 Å². The van der Waals surface area contributed by atoms with Crippen LogP contribution in [0, 0.1) is 19.7 Å². The largest absolute Gasteiger partial charge is 0.302 e. The second-order valence-electron chi connectivity index (χ2n) is 6.64. The number of nitrogens with zero attached hydrogens (tertiary/aromatic N) is 1. The second kappa shape index (κ2) is 6.42. The number of likely N-dealkylation sites (N-methyl/N-ethyl adjacent to an activating group) is 1. The van der Waals surface area contributed by atoms with Crippen molar-refractivity contribution >= 4 is 0 Å². The van der Waals surface area contributed by atoms with Crippen LogP contribution in [0.15, 0.2) is 12.1 Å². The Morgan fingerprint density at radius 1 is 1.19 bits per heavy atom. The summed E-state index contributed by atoms with van der Waals surface area (Å²) in [5.41, 5.74) is 5.46. The molecule has 21 heavy (non-hydrogen) atoms. The number of halogens is 1. The van der Waals surface area contributed by atoms with Crippen molar-refractivity contribution in [1.82, 2.24) is 10.3 Å². The molecule has 0 spiro atoms. The molecule has 0 bridgehead atoms. The van der Waals surface area contributed by atoms with Crippen LogP contribution in [-0.4, -0.2) is 24.5 Å². The fraction of sp³-hybridized carbons (Fsp3) is 0.647. The smallest absolute Gasteiger partial charge is 0.128 e. The van der Waals surface area contributed by atoms with Gasteiger partial charge in [-0.3, -0.25) is 11.3 Å². The lowest BCUT2D eigenvalue weighted by atomic mass is 9.72. The van der Waals surface area contributed by atoms with Gasteiger partial charge >= 0.3 is 0 Å². The first kappa shape index (κ1) is 16.4. The highest BCUT2D eigenvalue weighted by atomic mass is 19.1. The van der Waals surface area contributed by atoms with Gasteiger partial charge in [-0.25, -0.2) is 4.39 Å². The topological polar surface area (TPSA) is 41.3 Å². The SMILES string of the molecule is Cc1cc(C)c(C(NN)C2(N(C)C)CCCCC2)c(F)c1. The quantitative estimate of drug-likeness (QED) is 0.661. The van der Waals surface area contributed by atoms with Gasteiger partial charge in [0.25, 0.3) is 0 Å². The van der Waals surface area contributed by atoms with Crippen molar-refractivity contribution in [2.24, 2.45) is 5.84 Å². The second-order valence-corrected chi connectivity index (χ2v) is 6.64. The molecule has 1 fully saturated rings. The zero-order valence-corrected chi connectivity index (χ0v) is 13.7. The van der Waals surface area contributed by atoms with Gasteiger partial charge in [-0.15, -0.1) is 0 Å². The van der Waals surface area contributed by atoms with Crippen molar-refractivity contribution in [2.75, 3.05) is 14.1 Å². The maximum Gasteiger partial charge on any atom is 0.128 e. The Balaban J connectivity index is 2.51. The average Bonchev–Trinajstić information content (AvgIpc) is 2.43. The molecule has 1 saturated carbocycles. The minimum atomic E-state index is -0.187. The van der Waals surface area contributed by atoms with Crippen LogP contribution < -0.4 is 11.3 Å². The molecule has 4 heteroatoms. The molecule has 0 amide bonds. The summed E-state index contributed by atoms with van der Waals surface area (Å²) in [7, 11) is 4.16. The van der Waals surface area contributed by atoms with Gasteiger partial charge in [-0.1, -0.05) is 25.3 Å². The molecule has 1 unspecified atom stereocenters. The van der Waals surface area contributed by atoms with Crippen LogP contribution in [0.4, 0.5) is 4.39 Å². The van der Waals surface area contributed by atoms with E-state index in [1.54, 1.807) is 6.07 Å². The summed E-state index contributed by atoms with van der Waals surface area (Å²) < 4.78 is 14.6. The summed E-state index contributed by atoms with van der Waals surface area (Å²) in [5, 5.41) is 0. The van der Waals surface area contributed by atoms with Crippen molar-refractivity contribution in [1.29, 1.82) is 0 Å². The molecule has 0 aromatic heterocycles. The van der Waals surface area contributed by atoms with Gasteiger partial charge in [0.2, 0.25) is 0 Å². The summed E-state index contributed by atoms with van der Waals surface area (Å²) in [4.78, 5) is 2.23. The van der Waals surface area contributed by atoms with Gasteiger partial charge in [0, 0.05) is 11.1 Å². The van der Waals surface area contributed by atoms with E-state index < -0.39 is 0 Å². The Morgan fingerprint density at radius 3 is 2.29 bits per heavy atom. The molecule has 1 atom stereocenters. The lowest BCUT2D eigenvalue weighted by Crippen LogP contribution is -2.56. The summed E-state index contributed by atoms with van der Waals surface area (Å²) in [6, 6.07) is 3.46. The summed E-state index contributed by atoms with van der Waals surface area (Å²) >= 11 is 0. The van der Waals surface area contributed by atoms with Crippen molar-refractivity contribution in [3.05, 3.63) is 34.6 Å². The Kier molecular flexibility index (Phi) is 5.02. The average molecular weight is 293 g/mol. The Hall–Kier alpha value is -0.970. The van der Waals surface area contributed by atoms with E-state index >= 15 is 0 Å². The van der Waals surface area contributed by atoms with Crippen LogP contribution >= 0.6 is 0 Å². The Bertz CT molecular complexity index is 470. The van der Waals surface area contributed by atoms with Crippen LogP contribution in [0.2, 0.25) is 0 Å². The molecule has 0 aliphatic heterocycles. The van der Waals surface area contributed by atoms with Crippen LogP contribution in [0.3, 0.4) is 0 Å². The lowest BCUT2D eigenvalue weighted by Gasteiger charge is -2.48. The summed E-state index contributed by atoms with van der Waals surface area (Å²) in [6.45, 7) is 3.90. The lowest BCUT2D eigenvalue weighted by molar-refractivity contribution is 0.0548. The van der Waals surface area contributed by atoms with Crippen molar-refractivity contribution in [2.45, 2.75) is 57.5 Å². The third-order valence-corrected chi connectivity index (χ3v) is 5.08. The highest BCUT2D eigenvalue weighted by Crippen LogP contribution is 2.43. The van der Waals surface area contributed by atoms with Crippen molar-refractivity contribution in [3.8, 4) is 0 Å². The molecule has 1 aromatic carbocycles. The predicted molar refractivity (Wildman–Crippen MR) is 85.4 cm³/mol. The Morgan fingerprint density at radius 2 is 1.81 bits per heavy atom. The minimum Gasteiger partial charge on any atom is -0.302 e. The van der Waals surface area contributed by atoms with Crippen molar-refractivity contribution in [3.63, 3.8) is 0 Å². The summed E-state index contributed by atoms with van der Waals surface area (Å²) in [6.07, 6.45) is 5.68. The Labute approximate surface area is 127 Å². The molecule has 1 aliphatic carbocycles. The molecular weight excluding hydrogens is 265 g/mol. The van der Waals surface area contributed by atoms with Crippen LogP contribution in [0.25, 0.3) is 0 Å². The molecule has 3 nitrogen and oxygen atoms in total. The molecular formula is C17H28FN3. The van der Waals surface area contributed by atoms with E-state index in [0.29, 0.717) is 0 Å². The molecule has 0 saturated heterocycles. The number of hydrogen-bond donors (Lipinski definition) is 2. The van der Waals surface area contributed by atoms with E-state index in [1.165, 1.54) is 19.3 Å². The zero-order chi connectivity index (χ0) is 15.6. The van der Waals surface area contributed by atoms with Crippen LogP contribution in [0.1, 0.15) is 54.8 Å². The molecule has 2 rings (SSSR count). The minimum absolute atomic E-state index is 0.117. The number of benzene rings is 1. The number of hydrogen-bond acceptors (Lipinski definition) is 3. The van der Waals surface area contributed by atoms with Crippen LogP contribution in [-0.2, 0) is 0 Å². The fourth-order valence-electron chi connectivity index (χ4n) is 3.96. The normalized spacial score (nSPS) is 19.8. The predicted octanol–water partition coefficient (Wildman–Crippen LogP) is 3.21. The van der Waals surface area contributed by atoms with Crippen molar-refractivity contribution < 1.29 is 4.39 Å². The van der Waals surface area contributed by atoms with E-state index in [1.807, 2.05) is 19.9 Å². The first-order valence-corrected chi connectivity index (χ1v) is 7.82. The number of nitrogens with one attached hydrogen (secondary N) is 1. The van der Waals surface area contributed by atoms with E-state index in [9.17, 15) is 4.39 Å². The van der Waals surface area contributed by atoms with E-state index in [-0.39, 0.29) is 17.4 Å². The number of nitrogens with two attached hydrogens (primary N) is 1. The first-order chi connectivity index (χ1) is 9.92. The molecule has 118 valence electrons. The first-order valence-electron chi connectivity index (χ1n) is 7.82. The summed E-state index contributed by atoms with van der Waals surface area (Å²) in [5.74, 6) is 5.74. The monoisotopic (exact) mass is 293 g/mol. The van der Waals surface area contributed by atoms with Gasteiger partial charge in [0.05, 0.1) is 6.04 Å². The maximum absolute atomic E-state index is 14.6. The van der Waals surface area contributed by atoms with Gasteiger partial charge in [0.1, 0.15) is 5.82 Å². The number of rotatable bonds is 4. The van der Waals surface area contributed by atoms with E-state index in [2.05, 4.69) is 24.4 Å². The third kappa shape index (κ3) is 2.98. The molecule has 1 aliphatic rings. The zero-order valence-electron chi connectivity index (χ0n) is 13.7. The molecule has 1 aromatic rings. The highest BCUT2D eigenvalue weighted by molar-refractivity contribution is 5.36. The molecule has 0 radical (unpaired) electrons.